The van der Waals surface area contributed by atoms with Gasteiger partial charge >= 0.3 is 0 Å². The molecule has 10 heteroatoms. The van der Waals surface area contributed by atoms with Gasteiger partial charge in [0.1, 0.15) is 22.6 Å². The normalized spacial score (nSPS) is 22.6. The van der Waals surface area contributed by atoms with Gasteiger partial charge in [-0.3, -0.25) is 19.4 Å². The van der Waals surface area contributed by atoms with E-state index >= 15 is 0 Å². The number of nitrogens with one attached hydrogen (secondary N) is 1. The van der Waals surface area contributed by atoms with Crippen LogP contribution in [-0.4, -0.2) is 55.1 Å². The van der Waals surface area contributed by atoms with Gasteiger partial charge in [0, 0.05) is 31.4 Å². The number of hydrogen-bond acceptors (Lipinski definition) is 6. The van der Waals surface area contributed by atoms with Crippen LogP contribution in [-0.2, 0) is 23.3 Å². The topological polar surface area (TPSA) is 109 Å². The summed E-state index contributed by atoms with van der Waals surface area (Å²) < 4.78 is 7.88. The molecule has 2 aromatic heterocycles. The Hall–Kier alpha value is -4.47. The van der Waals surface area contributed by atoms with Gasteiger partial charge in [-0.25, -0.2) is 0 Å². The van der Waals surface area contributed by atoms with Gasteiger partial charge in [0.05, 0.1) is 25.4 Å². The first kappa shape index (κ1) is 21.8. The van der Waals surface area contributed by atoms with Crippen molar-refractivity contribution in [3.8, 4) is 5.75 Å². The van der Waals surface area contributed by atoms with Crippen molar-refractivity contribution in [3.05, 3.63) is 89.5 Å². The number of para-hydroxylation sites is 1. The highest BCUT2D eigenvalue weighted by Crippen LogP contribution is 2.57. The molecule has 0 aliphatic carbocycles. The van der Waals surface area contributed by atoms with Crippen LogP contribution >= 0.6 is 0 Å². The first-order chi connectivity index (χ1) is 18.1. The summed E-state index contributed by atoms with van der Waals surface area (Å²) in [4.78, 5) is 31.9. The number of carbonyl (C=O) groups excluding carboxylic acids is 2. The molecule has 5 heterocycles. The number of hydrogen-bond donors (Lipinski definition) is 1. The minimum absolute atomic E-state index is 0.0330. The fourth-order valence-electron chi connectivity index (χ4n) is 6.13. The Kier molecular flexibility index (Phi) is 4.88. The van der Waals surface area contributed by atoms with E-state index < -0.39 is 11.5 Å². The van der Waals surface area contributed by atoms with Crippen molar-refractivity contribution in [2.24, 2.45) is 0 Å². The molecule has 0 saturated carbocycles. The predicted octanol–water partition coefficient (Wildman–Crippen LogP) is 2.86. The fourth-order valence-corrected chi connectivity index (χ4v) is 6.13. The number of fused-ring (bicyclic) bond motifs is 8. The first-order valence-corrected chi connectivity index (χ1v) is 12.5. The second kappa shape index (κ2) is 8.29. The third-order valence-corrected chi connectivity index (χ3v) is 7.70. The summed E-state index contributed by atoms with van der Waals surface area (Å²) in [6.07, 6.45) is 4.72. The van der Waals surface area contributed by atoms with Gasteiger partial charge in [0.25, 0.3) is 5.91 Å². The summed E-state index contributed by atoms with van der Waals surface area (Å²) in [6.45, 7) is 1.92. The van der Waals surface area contributed by atoms with Gasteiger partial charge in [0.15, 0.2) is 0 Å². The molecule has 6 bridgehead atoms. The van der Waals surface area contributed by atoms with Gasteiger partial charge in [-0.15, -0.1) is 5.10 Å². The van der Waals surface area contributed by atoms with Crippen LogP contribution in [0.5, 0.6) is 5.75 Å². The van der Waals surface area contributed by atoms with Crippen molar-refractivity contribution < 1.29 is 14.3 Å². The van der Waals surface area contributed by atoms with Crippen LogP contribution in [0.25, 0.3) is 0 Å². The molecule has 7 rings (SSSR count). The molecule has 1 N–H and O–H groups in total. The Balaban J connectivity index is 1.43. The lowest BCUT2D eigenvalue weighted by Crippen LogP contribution is -2.45. The molecule has 186 valence electrons. The summed E-state index contributed by atoms with van der Waals surface area (Å²) in [7, 11) is 0. The van der Waals surface area contributed by atoms with Crippen LogP contribution in [0.15, 0.2) is 67.0 Å². The molecule has 1 saturated heterocycles. The Morgan fingerprint density at radius 3 is 2.92 bits per heavy atom. The van der Waals surface area contributed by atoms with Crippen LogP contribution in [0.4, 0.5) is 5.69 Å². The van der Waals surface area contributed by atoms with Crippen LogP contribution < -0.4 is 9.64 Å². The lowest BCUT2D eigenvalue weighted by atomic mass is 9.72. The van der Waals surface area contributed by atoms with E-state index in [2.05, 4.69) is 20.5 Å². The van der Waals surface area contributed by atoms with E-state index in [1.807, 2.05) is 54.7 Å². The monoisotopic (exact) mass is 495 g/mol. The zero-order valence-electron chi connectivity index (χ0n) is 20.1. The molecule has 37 heavy (non-hydrogen) atoms. The number of benzene rings is 2. The summed E-state index contributed by atoms with van der Waals surface area (Å²) in [5.74, 6) is 0.489. The molecule has 10 nitrogen and oxygen atoms in total. The molecule has 4 aromatic rings. The number of aryl methyl sites for hydroxylation is 1. The summed E-state index contributed by atoms with van der Waals surface area (Å²) in [6, 6.07) is 16.8. The van der Waals surface area contributed by atoms with Gasteiger partial charge in [0.2, 0.25) is 5.91 Å². The van der Waals surface area contributed by atoms with Gasteiger partial charge < -0.3 is 14.5 Å². The first-order valence-electron chi connectivity index (χ1n) is 12.5. The zero-order chi connectivity index (χ0) is 25.0. The largest absolute Gasteiger partial charge is 0.494 e. The molecule has 3 aliphatic heterocycles. The third-order valence-electron chi connectivity index (χ3n) is 7.70. The van der Waals surface area contributed by atoms with Crippen molar-refractivity contribution >= 4 is 17.5 Å². The average Bonchev–Trinajstić information content (AvgIpc) is 3.72. The van der Waals surface area contributed by atoms with Crippen molar-refractivity contribution in [1.82, 2.24) is 30.1 Å². The summed E-state index contributed by atoms with van der Waals surface area (Å²) >= 11 is 0. The molecule has 2 amide bonds. The SMILES string of the molecule is O=C(c1ccn[nH]1)N1CC[C@]23C(=O)N(Cc4cn(nn4)CCCOc4cccc(c4)[C@H]12)c1ccccc13. The van der Waals surface area contributed by atoms with Crippen molar-refractivity contribution in [1.29, 1.82) is 0 Å². The van der Waals surface area contributed by atoms with Crippen molar-refractivity contribution in [3.63, 3.8) is 0 Å². The number of likely N-dealkylation sites (tertiary alicyclic amines) is 1. The lowest BCUT2D eigenvalue weighted by molar-refractivity contribution is -0.124. The average molecular weight is 496 g/mol. The Morgan fingerprint density at radius 1 is 1.11 bits per heavy atom. The highest BCUT2D eigenvalue weighted by Gasteiger charge is 2.61. The van der Waals surface area contributed by atoms with Crippen LogP contribution in [0.2, 0.25) is 0 Å². The number of aromatic amines is 1. The number of rotatable bonds is 1. The van der Waals surface area contributed by atoms with E-state index in [4.69, 9.17) is 4.74 Å². The highest BCUT2D eigenvalue weighted by atomic mass is 16.5. The minimum Gasteiger partial charge on any atom is -0.494 e. The number of aromatic nitrogens is 5. The quantitative estimate of drug-likeness (QED) is 0.435. The van der Waals surface area contributed by atoms with Crippen LogP contribution in [0, 0.1) is 0 Å². The molecule has 2 aromatic carbocycles. The third kappa shape index (κ3) is 3.28. The summed E-state index contributed by atoms with van der Waals surface area (Å²) in [5.41, 5.74) is 2.82. The van der Waals surface area contributed by atoms with Gasteiger partial charge in [-0.05, 0) is 41.8 Å². The van der Waals surface area contributed by atoms with E-state index in [0.717, 1.165) is 28.9 Å². The molecule has 3 aliphatic rings. The Bertz CT molecular complexity index is 1500. The number of ether oxygens (including phenoxy) is 1. The standard InChI is InChI=1S/C27H25N7O3/c35-25(22-9-11-28-30-22)33-13-10-27-21-7-1-2-8-23(21)34(26(27)36)17-19-16-32(31-29-19)12-4-14-37-20-6-3-5-18(15-20)24(27)33/h1-3,5-9,11,15-16,24H,4,10,12-14,17H2,(H,28,30)/t24-,27+/m0/s1. The number of H-pyrrole nitrogens is 1. The summed E-state index contributed by atoms with van der Waals surface area (Å²) in [5, 5.41) is 15.4. The van der Waals surface area contributed by atoms with Crippen molar-refractivity contribution in [2.75, 3.05) is 18.1 Å². The number of carbonyl (C=O) groups is 2. The number of anilines is 1. The van der Waals surface area contributed by atoms with E-state index in [1.165, 1.54) is 0 Å². The second-order valence-electron chi connectivity index (χ2n) is 9.75. The molecular weight excluding hydrogens is 470 g/mol. The second-order valence-corrected chi connectivity index (χ2v) is 9.75. The Labute approximate surface area is 212 Å². The Morgan fingerprint density at radius 2 is 2.03 bits per heavy atom. The smallest absolute Gasteiger partial charge is 0.272 e. The minimum atomic E-state index is -0.943. The molecule has 0 unspecified atom stereocenters. The van der Waals surface area contributed by atoms with Crippen LogP contribution in [0.3, 0.4) is 0 Å². The van der Waals surface area contributed by atoms with Gasteiger partial charge in [-0.2, -0.15) is 5.10 Å². The fraction of sp³-hybridized carbons (Fsp3) is 0.296. The van der Waals surface area contributed by atoms with Gasteiger partial charge in [-0.1, -0.05) is 35.5 Å². The molecular formula is C27H25N7O3. The maximum Gasteiger partial charge on any atom is 0.272 e. The van der Waals surface area contributed by atoms with Crippen molar-refractivity contribution in [2.45, 2.75) is 37.4 Å². The molecule has 1 spiro atoms. The maximum absolute atomic E-state index is 14.6. The van der Waals surface area contributed by atoms with E-state index in [-0.39, 0.29) is 11.8 Å². The maximum atomic E-state index is 14.6. The lowest BCUT2D eigenvalue weighted by Gasteiger charge is -2.35. The highest BCUT2D eigenvalue weighted by molar-refractivity contribution is 6.09. The molecule has 1 fully saturated rings. The number of nitrogens with zero attached hydrogens (tertiary/aromatic N) is 6. The molecule has 2 atom stereocenters. The van der Waals surface area contributed by atoms with E-state index in [9.17, 15) is 9.59 Å². The predicted molar refractivity (Wildman–Crippen MR) is 133 cm³/mol. The van der Waals surface area contributed by atoms with E-state index in [1.54, 1.807) is 26.7 Å². The van der Waals surface area contributed by atoms with Crippen LogP contribution in [0.1, 0.15) is 46.2 Å². The number of amides is 2. The molecule has 0 radical (unpaired) electrons. The zero-order valence-corrected chi connectivity index (χ0v) is 20.1. The van der Waals surface area contributed by atoms with E-state index in [0.29, 0.717) is 44.1 Å².